The Balaban J connectivity index is 1.66. The van der Waals surface area contributed by atoms with Gasteiger partial charge in [-0.1, -0.05) is 13.8 Å². The predicted molar refractivity (Wildman–Crippen MR) is 93.5 cm³/mol. The van der Waals surface area contributed by atoms with Gasteiger partial charge in [-0.25, -0.2) is 9.78 Å². The zero-order valence-electron chi connectivity index (χ0n) is 14.9. The van der Waals surface area contributed by atoms with Crippen LogP contribution in [-0.2, 0) is 11.8 Å². The number of carbonyl (C=O) groups is 1. The second kappa shape index (κ2) is 6.99. The van der Waals surface area contributed by atoms with Gasteiger partial charge >= 0.3 is 12.2 Å². The van der Waals surface area contributed by atoms with Crippen LogP contribution in [0.15, 0.2) is 0 Å². The average Bonchev–Trinajstić information content (AvgIpc) is 2.97. The van der Waals surface area contributed by atoms with Gasteiger partial charge in [0, 0.05) is 29.3 Å². The minimum absolute atomic E-state index is 0.0277. The highest BCUT2D eigenvalue weighted by atomic mass is 32.1. The van der Waals surface area contributed by atoms with Crippen molar-refractivity contribution in [3.63, 3.8) is 0 Å². The van der Waals surface area contributed by atoms with E-state index in [0.717, 1.165) is 25.0 Å². The summed E-state index contributed by atoms with van der Waals surface area (Å²) in [6.45, 7) is 4.53. The van der Waals surface area contributed by atoms with Crippen molar-refractivity contribution in [2.75, 3.05) is 18.4 Å². The Morgan fingerprint density at radius 3 is 2.81 bits per heavy atom. The fraction of sp³-hybridized carbons (Fsp3) is 0.765. The molecule has 0 bridgehead atoms. The summed E-state index contributed by atoms with van der Waals surface area (Å²) in [5, 5.41) is 12.7. The number of nitrogens with one attached hydrogen (secondary N) is 1. The maximum atomic E-state index is 12.7. The summed E-state index contributed by atoms with van der Waals surface area (Å²) in [6.07, 6.45) is -3.30. The Labute approximate surface area is 154 Å². The number of aromatic nitrogens is 1. The van der Waals surface area contributed by atoms with E-state index in [1.54, 1.807) is 0 Å². The topological polar surface area (TPSA) is 65.5 Å². The lowest BCUT2D eigenvalue weighted by atomic mass is 9.79. The van der Waals surface area contributed by atoms with Gasteiger partial charge in [0.25, 0.3) is 0 Å². The average molecular weight is 391 g/mol. The number of anilines is 1. The molecule has 2 atom stereocenters. The molecule has 3 rings (SSSR count). The summed E-state index contributed by atoms with van der Waals surface area (Å²) in [6, 6.07) is -0.451. The molecule has 146 valence electrons. The molecule has 2 unspecified atom stereocenters. The molecule has 0 aromatic carbocycles. The molecule has 2 heterocycles. The number of amides is 2. The number of fused-ring (bicyclic) bond motifs is 1. The normalized spacial score (nSPS) is 24.1. The number of nitrogens with zero attached hydrogens (tertiary/aromatic N) is 2. The van der Waals surface area contributed by atoms with Crippen LogP contribution >= 0.6 is 11.3 Å². The highest BCUT2D eigenvalue weighted by Crippen LogP contribution is 2.40. The van der Waals surface area contributed by atoms with Gasteiger partial charge in [0.2, 0.25) is 0 Å². The van der Waals surface area contributed by atoms with Gasteiger partial charge in [0.05, 0.1) is 5.69 Å². The van der Waals surface area contributed by atoms with E-state index in [1.807, 2.05) is 0 Å². The zero-order chi connectivity index (χ0) is 19.1. The fourth-order valence-corrected chi connectivity index (χ4v) is 4.98. The number of aryl methyl sites for hydroxylation is 1. The summed E-state index contributed by atoms with van der Waals surface area (Å²) in [5.74, 6) is -0.988. The minimum atomic E-state index is -4.66. The SMILES string of the molecule is CC1(C)CCCc2sc(NC(=O)N3CCCC(C(O)C(F)(F)F)C3)nc21. The maximum Gasteiger partial charge on any atom is 0.414 e. The lowest BCUT2D eigenvalue weighted by Gasteiger charge is -2.35. The highest BCUT2D eigenvalue weighted by molar-refractivity contribution is 7.15. The molecule has 1 aromatic rings. The van der Waals surface area contributed by atoms with Crippen molar-refractivity contribution in [2.24, 2.45) is 5.92 Å². The number of thiazole rings is 1. The summed E-state index contributed by atoms with van der Waals surface area (Å²) < 4.78 is 38.2. The Kier molecular flexibility index (Phi) is 5.22. The number of carbonyl (C=O) groups excluding carboxylic acids is 1. The van der Waals surface area contributed by atoms with E-state index in [-0.39, 0.29) is 18.4 Å². The van der Waals surface area contributed by atoms with Crippen LogP contribution in [0.4, 0.5) is 23.1 Å². The van der Waals surface area contributed by atoms with Crippen molar-refractivity contribution < 1.29 is 23.1 Å². The van der Waals surface area contributed by atoms with Crippen LogP contribution < -0.4 is 5.32 Å². The molecule has 2 aliphatic rings. The Bertz CT molecular complexity index is 675. The largest absolute Gasteiger partial charge is 0.414 e. The first-order chi connectivity index (χ1) is 12.1. The maximum absolute atomic E-state index is 12.7. The van der Waals surface area contributed by atoms with E-state index in [0.29, 0.717) is 18.1 Å². The number of halogens is 3. The first kappa shape index (κ1) is 19.4. The number of urea groups is 1. The number of aliphatic hydroxyl groups excluding tert-OH is 1. The molecule has 1 aliphatic carbocycles. The third-order valence-electron chi connectivity index (χ3n) is 5.28. The van der Waals surface area contributed by atoms with Gasteiger partial charge in [0.1, 0.15) is 0 Å². The third kappa shape index (κ3) is 3.98. The van der Waals surface area contributed by atoms with Crippen molar-refractivity contribution >= 4 is 22.5 Å². The molecule has 1 saturated heterocycles. The number of likely N-dealkylation sites (tertiary alicyclic amines) is 1. The van der Waals surface area contributed by atoms with Crippen LogP contribution in [0.3, 0.4) is 0 Å². The second-order valence-corrected chi connectivity index (χ2v) is 8.88. The van der Waals surface area contributed by atoms with Gasteiger partial charge in [-0.15, -0.1) is 11.3 Å². The van der Waals surface area contributed by atoms with E-state index in [4.69, 9.17) is 0 Å². The lowest BCUT2D eigenvalue weighted by molar-refractivity contribution is -0.222. The summed E-state index contributed by atoms with van der Waals surface area (Å²) in [7, 11) is 0. The fourth-order valence-electron chi connectivity index (χ4n) is 3.80. The van der Waals surface area contributed by atoms with Crippen LogP contribution in [0.5, 0.6) is 0 Å². The van der Waals surface area contributed by atoms with Gasteiger partial charge in [-0.2, -0.15) is 13.2 Å². The monoisotopic (exact) mass is 391 g/mol. The standard InChI is InChI=1S/C17H24F3N3O2S/c1-16(2)7-3-6-11-12(16)21-14(26-11)22-15(25)23-8-4-5-10(9-23)13(24)17(18,19)20/h10,13,24H,3-9H2,1-2H3,(H,21,22,25). The van der Waals surface area contributed by atoms with Crippen molar-refractivity contribution in [3.8, 4) is 0 Å². The number of alkyl halides is 3. The molecule has 0 spiro atoms. The van der Waals surface area contributed by atoms with E-state index in [9.17, 15) is 23.1 Å². The van der Waals surface area contributed by atoms with Gasteiger partial charge in [0.15, 0.2) is 11.2 Å². The highest BCUT2D eigenvalue weighted by Gasteiger charge is 2.45. The molecule has 2 N–H and O–H groups in total. The number of hydrogen-bond acceptors (Lipinski definition) is 4. The molecule has 0 radical (unpaired) electrons. The lowest BCUT2D eigenvalue weighted by Crippen LogP contribution is -2.48. The molecule has 1 aliphatic heterocycles. The molecular formula is C17H24F3N3O2S. The van der Waals surface area contributed by atoms with Crippen LogP contribution in [-0.4, -0.2) is 46.4 Å². The van der Waals surface area contributed by atoms with E-state index < -0.39 is 24.2 Å². The van der Waals surface area contributed by atoms with Crippen molar-refractivity contribution in [2.45, 2.75) is 63.6 Å². The molecule has 9 heteroatoms. The number of hydrogen-bond donors (Lipinski definition) is 2. The number of piperidine rings is 1. The number of rotatable bonds is 2. The predicted octanol–water partition coefficient (Wildman–Crippen LogP) is 3.92. The molecule has 1 fully saturated rings. The van der Waals surface area contributed by atoms with Crippen LogP contribution in [0.2, 0.25) is 0 Å². The molecule has 26 heavy (non-hydrogen) atoms. The minimum Gasteiger partial charge on any atom is -0.383 e. The van der Waals surface area contributed by atoms with Crippen LogP contribution in [0, 0.1) is 5.92 Å². The van der Waals surface area contributed by atoms with E-state index >= 15 is 0 Å². The van der Waals surface area contributed by atoms with Gasteiger partial charge in [-0.05, 0) is 32.1 Å². The Morgan fingerprint density at radius 2 is 2.15 bits per heavy atom. The molecule has 1 aromatic heterocycles. The zero-order valence-corrected chi connectivity index (χ0v) is 15.7. The van der Waals surface area contributed by atoms with Crippen molar-refractivity contribution in [1.82, 2.24) is 9.88 Å². The Hall–Kier alpha value is -1.35. The Morgan fingerprint density at radius 1 is 1.42 bits per heavy atom. The first-order valence-corrected chi connectivity index (χ1v) is 9.70. The van der Waals surface area contributed by atoms with Gasteiger partial charge < -0.3 is 10.0 Å². The van der Waals surface area contributed by atoms with E-state index in [2.05, 4.69) is 24.1 Å². The van der Waals surface area contributed by atoms with Gasteiger partial charge in [-0.3, -0.25) is 5.32 Å². The van der Waals surface area contributed by atoms with Crippen LogP contribution in [0.25, 0.3) is 0 Å². The molecule has 2 amide bonds. The third-order valence-corrected chi connectivity index (χ3v) is 6.32. The number of aliphatic hydroxyl groups is 1. The van der Waals surface area contributed by atoms with Crippen molar-refractivity contribution in [1.29, 1.82) is 0 Å². The summed E-state index contributed by atoms with van der Waals surface area (Å²) in [4.78, 5) is 19.5. The molecular weight excluding hydrogens is 367 g/mol. The molecule has 0 saturated carbocycles. The first-order valence-electron chi connectivity index (χ1n) is 8.89. The van der Waals surface area contributed by atoms with E-state index in [1.165, 1.54) is 21.1 Å². The molecule has 5 nitrogen and oxygen atoms in total. The van der Waals surface area contributed by atoms with Crippen molar-refractivity contribution in [3.05, 3.63) is 10.6 Å². The van der Waals surface area contributed by atoms with Crippen LogP contribution in [0.1, 0.15) is 50.1 Å². The summed E-state index contributed by atoms with van der Waals surface area (Å²) >= 11 is 1.44. The second-order valence-electron chi connectivity index (χ2n) is 7.79. The smallest absolute Gasteiger partial charge is 0.383 e. The summed E-state index contributed by atoms with van der Waals surface area (Å²) in [5.41, 5.74) is 0.980. The quantitative estimate of drug-likeness (QED) is 0.803.